The second-order valence-corrected chi connectivity index (χ2v) is 8.18. The summed E-state index contributed by atoms with van der Waals surface area (Å²) >= 11 is 0. The minimum Gasteiger partial charge on any atom is -0.412 e. The van der Waals surface area contributed by atoms with Gasteiger partial charge in [0.15, 0.2) is 0 Å². The summed E-state index contributed by atoms with van der Waals surface area (Å²) in [7, 11) is 0. The lowest BCUT2D eigenvalue weighted by Gasteiger charge is -2.05. The van der Waals surface area contributed by atoms with Gasteiger partial charge in [-0.15, -0.1) is 0 Å². The number of rotatable bonds is 8. The van der Waals surface area contributed by atoms with Crippen LogP contribution in [-0.4, -0.2) is 64.6 Å². The van der Waals surface area contributed by atoms with E-state index in [1.54, 1.807) is 50.1 Å². The molecule has 0 fully saturated rings. The van der Waals surface area contributed by atoms with Crippen LogP contribution >= 0.6 is 0 Å². The minimum atomic E-state index is 0. The first-order valence-corrected chi connectivity index (χ1v) is 11.5. The largest absolute Gasteiger partial charge is 0.412 e. The third-order valence-corrected chi connectivity index (χ3v) is 5.34. The van der Waals surface area contributed by atoms with Crippen molar-refractivity contribution in [2.75, 3.05) is 0 Å². The lowest BCUT2D eigenvalue weighted by atomic mass is 10.3. The Bertz CT molecular complexity index is 1220. The zero-order valence-electron chi connectivity index (χ0n) is 21.2. The second kappa shape index (κ2) is 15.3. The van der Waals surface area contributed by atoms with E-state index in [-0.39, 0.29) is 16.4 Å². The molecule has 0 bridgehead atoms. The van der Waals surface area contributed by atoms with Gasteiger partial charge in [0.1, 0.15) is 0 Å². The van der Waals surface area contributed by atoms with E-state index in [4.69, 9.17) is 0 Å². The van der Waals surface area contributed by atoms with E-state index in [9.17, 15) is 0 Å². The molecule has 0 aliphatic heterocycles. The Kier molecular flexibility index (Phi) is 11.9. The van der Waals surface area contributed by atoms with Gasteiger partial charge >= 0.3 is 0 Å². The van der Waals surface area contributed by atoms with Gasteiger partial charge in [-0.1, -0.05) is 12.1 Å². The van der Waals surface area contributed by atoms with Crippen molar-refractivity contribution in [3.63, 3.8) is 0 Å². The summed E-state index contributed by atoms with van der Waals surface area (Å²) in [5.41, 5.74) is 4.13. The van der Waals surface area contributed by atoms with Crippen LogP contribution in [0.5, 0.6) is 0 Å². The van der Waals surface area contributed by atoms with Gasteiger partial charge < -0.3 is 34.7 Å². The van der Waals surface area contributed by atoms with E-state index in [1.807, 2.05) is 79.5 Å². The van der Waals surface area contributed by atoms with Crippen LogP contribution in [0.2, 0.25) is 0 Å². The van der Waals surface area contributed by atoms with Crippen LogP contribution in [0.1, 0.15) is 22.8 Å². The van der Waals surface area contributed by atoms with Crippen molar-refractivity contribution in [2.45, 2.75) is 26.2 Å². The topological polar surface area (TPSA) is 192 Å². The van der Waals surface area contributed by atoms with Gasteiger partial charge in [-0.05, 0) is 24.3 Å². The van der Waals surface area contributed by atoms with Crippen molar-refractivity contribution >= 4 is 0 Å². The SMILES string of the molecule is O.O.O.c1cc(Cn2ccnc2)nc(Cn2ccnc2)c1.c1cc(Cn2ccnc2)nc(Cn2ccnc2)c1. The molecule has 13 nitrogen and oxygen atoms in total. The summed E-state index contributed by atoms with van der Waals surface area (Å²) in [6.45, 7) is 2.99. The molecule has 0 saturated heterocycles. The van der Waals surface area contributed by atoms with Crippen molar-refractivity contribution in [1.82, 2.24) is 48.2 Å². The normalized spacial score (nSPS) is 9.85. The van der Waals surface area contributed by atoms with E-state index in [2.05, 4.69) is 29.9 Å². The van der Waals surface area contributed by atoms with Crippen LogP contribution in [0.3, 0.4) is 0 Å². The number of aromatic nitrogens is 10. The van der Waals surface area contributed by atoms with E-state index >= 15 is 0 Å². The van der Waals surface area contributed by atoms with Crippen molar-refractivity contribution in [2.24, 2.45) is 0 Å². The number of hydrogen-bond donors (Lipinski definition) is 0. The van der Waals surface area contributed by atoms with Crippen LogP contribution in [0.15, 0.2) is 111 Å². The Balaban J connectivity index is 0.000000254. The Hall–Kier alpha value is -4.98. The molecule has 0 aliphatic rings. The van der Waals surface area contributed by atoms with Crippen LogP contribution in [-0.2, 0) is 26.2 Å². The van der Waals surface area contributed by atoms with Crippen molar-refractivity contribution in [1.29, 1.82) is 0 Å². The fraction of sp³-hybridized carbons (Fsp3) is 0.154. The molecule has 6 N–H and O–H groups in total. The van der Waals surface area contributed by atoms with Gasteiger partial charge in [0.2, 0.25) is 0 Å². The molecule has 0 saturated carbocycles. The predicted octanol–water partition coefficient (Wildman–Crippen LogP) is 0.668. The van der Waals surface area contributed by atoms with Crippen LogP contribution in [0.25, 0.3) is 0 Å². The van der Waals surface area contributed by atoms with Gasteiger partial charge in [-0.3, -0.25) is 9.97 Å². The Morgan fingerprint density at radius 3 is 0.872 bits per heavy atom. The first kappa shape index (κ1) is 30.2. The fourth-order valence-corrected chi connectivity index (χ4v) is 3.68. The summed E-state index contributed by atoms with van der Waals surface area (Å²) in [6, 6.07) is 12.2. The number of imidazole rings is 4. The lowest BCUT2D eigenvalue weighted by molar-refractivity contribution is 0.735. The van der Waals surface area contributed by atoms with Gasteiger partial charge in [0.05, 0.1) is 74.3 Å². The molecule has 204 valence electrons. The zero-order chi connectivity index (χ0) is 24.4. The minimum absolute atomic E-state index is 0. The molecule has 0 radical (unpaired) electrons. The highest BCUT2D eigenvalue weighted by atomic mass is 16.0. The molecule has 39 heavy (non-hydrogen) atoms. The third-order valence-electron chi connectivity index (χ3n) is 5.34. The quantitative estimate of drug-likeness (QED) is 0.276. The Morgan fingerprint density at radius 2 is 0.667 bits per heavy atom. The van der Waals surface area contributed by atoms with E-state index in [0.717, 1.165) is 49.0 Å². The van der Waals surface area contributed by atoms with E-state index < -0.39 is 0 Å². The highest BCUT2D eigenvalue weighted by molar-refractivity contribution is 5.13. The van der Waals surface area contributed by atoms with Crippen molar-refractivity contribution < 1.29 is 16.4 Å². The molecule has 0 amide bonds. The molecule has 6 heterocycles. The zero-order valence-corrected chi connectivity index (χ0v) is 21.2. The standard InChI is InChI=1S/2C13H13N5.3H2O/c2*1-2-12(8-17-6-4-14-10-17)16-13(3-1)9-18-7-5-15-11-18;;;/h2*1-7,10-11H,8-9H2;3*1H2. The molecule has 0 spiro atoms. The maximum absolute atomic E-state index is 4.63. The van der Waals surface area contributed by atoms with Crippen LogP contribution in [0.4, 0.5) is 0 Å². The predicted molar refractivity (Wildman–Crippen MR) is 145 cm³/mol. The van der Waals surface area contributed by atoms with Crippen molar-refractivity contribution in [3.8, 4) is 0 Å². The molecular weight excluding hydrogens is 500 g/mol. The highest BCUT2D eigenvalue weighted by Crippen LogP contribution is 2.05. The molecule has 0 atom stereocenters. The third kappa shape index (κ3) is 9.12. The summed E-state index contributed by atoms with van der Waals surface area (Å²) in [5, 5.41) is 0. The Labute approximate surface area is 225 Å². The van der Waals surface area contributed by atoms with Gasteiger partial charge in [0.25, 0.3) is 0 Å². The summed E-state index contributed by atoms with van der Waals surface area (Å²) in [4.78, 5) is 25.3. The van der Waals surface area contributed by atoms with Gasteiger partial charge in [-0.2, -0.15) is 0 Å². The maximum atomic E-state index is 4.63. The van der Waals surface area contributed by atoms with Crippen molar-refractivity contribution in [3.05, 3.63) is 134 Å². The number of hydrogen-bond acceptors (Lipinski definition) is 6. The summed E-state index contributed by atoms with van der Waals surface area (Å²) < 4.78 is 8.01. The molecule has 6 aromatic rings. The summed E-state index contributed by atoms with van der Waals surface area (Å²) in [6.07, 6.45) is 22.0. The molecule has 6 rings (SSSR count). The van der Waals surface area contributed by atoms with Crippen LogP contribution in [0, 0.1) is 0 Å². The molecular formula is C26H32N10O3. The monoisotopic (exact) mass is 532 g/mol. The Morgan fingerprint density at radius 1 is 0.410 bits per heavy atom. The van der Waals surface area contributed by atoms with Gasteiger partial charge in [0, 0.05) is 49.6 Å². The molecule has 13 heteroatoms. The fourth-order valence-electron chi connectivity index (χ4n) is 3.68. The second-order valence-electron chi connectivity index (χ2n) is 8.18. The highest BCUT2D eigenvalue weighted by Gasteiger charge is 2.01. The van der Waals surface area contributed by atoms with Gasteiger partial charge in [-0.25, -0.2) is 19.9 Å². The average molecular weight is 533 g/mol. The van der Waals surface area contributed by atoms with E-state index in [1.165, 1.54) is 0 Å². The number of pyridine rings is 2. The van der Waals surface area contributed by atoms with Crippen LogP contribution < -0.4 is 0 Å². The molecule has 0 aliphatic carbocycles. The number of nitrogens with zero attached hydrogens (tertiary/aromatic N) is 10. The molecule has 6 aromatic heterocycles. The smallest absolute Gasteiger partial charge is 0.0949 e. The first-order chi connectivity index (χ1) is 17.8. The van der Waals surface area contributed by atoms with E-state index in [0.29, 0.717) is 0 Å². The maximum Gasteiger partial charge on any atom is 0.0949 e. The average Bonchev–Trinajstić information content (AvgIpc) is 3.70. The lowest BCUT2D eigenvalue weighted by Crippen LogP contribution is -2.04. The molecule has 0 aromatic carbocycles. The first-order valence-electron chi connectivity index (χ1n) is 11.5. The summed E-state index contributed by atoms with van der Waals surface area (Å²) in [5.74, 6) is 0. The molecule has 0 unspecified atom stereocenters.